The maximum atomic E-state index is 12.9. The van der Waals surface area contributed by atoms with Crippen LogP contribution in [0.15, 0.2) is 24.3 Å². The molecule has 2 atom stereocenters. The van der Waals surface area contributed by atoms with Crippen molar-refractivity contribution >= 4 is 0 Å². The molecule has 2 nitrogen and oxygen atoms in total. The minimum atomic E-state index is -0.152. The lowest BCUT2D eigenvalue weighted by Gasteiger charge is -2.22. The Hall–Kier alpha value is -0.930. The van der Waals surface area contributed by atoms with E-state index in [-0.39, 0.29) is 5.82 Å². The van der Waals surface area contributed by atoms with Crippen molar-refractivity contribution < 1.29 is 4.39 Å². The first-order chi connectivity index (χ1) is 10.2. The summed E-state index contributed by atoms with van der Waals surface area (Å²) in [5, 5.41) is 0. The summed E-state index contributed by atoms with van der Waals surface area (Å²) in [6.45, 7) is 3.24. The molecule has 0 amide bonds. The summed E-state index contributed by atoms with van der Waals surface area (Å²) in [6.07, 6.45) is 7.88. The van der Waals surface area contributed by atoms with Gasteiger partial charge in [0.05, 0.1) is 0 Å². The first-order valence-corrected chi connectivity index (χ1v) is 8.43. The molecule has 2 fully saturated rings. The zero-order chi connectivity index (χ0) is 14.7. The van der Waals surface area contributed by atoms with Crippen molar-refractivity contribution in [2.75, 3.05) is 13.1 Å². The Bertz CT molecular complexity index is 439. The monoisotopic (exact) mass is 290 g/mol. The van der Waals surface area contributed by atoms with E-state index in [1.807, 2.05) is 12.1 Å². The minimum Gasteiger partial charge on any atom is -0.327 e. The highest BCUT2D eigenvalue weighted by molar-refractivity contribution is 5.16. The van der Waals surface area contributed by atoms with Crippen LogP contribution < -0.4 is 5.73 Å². The molecule has 2 N–H and O–H groups in total. The van der Waals surface area contributed by atoms with Gasteiger partial charge in [-0.3, -0.25) is 4.90 Å². The van der Waals surface area contributed by atoms with Gasteiger partial charge in [-0.1, -0.05) is 25.0 Å². The molecule has 1 saturated carbocycles. The van der Waals surface area contributed by atoms with Gasteiger partial charge in [-0.05, 0) is 61.8 Å². The van der Waals surface area contributed by atoms with E-state index in [4.69, 9.17) is 5.73 Å². The van der Waals surface area contributed by atoms with Crippen LogP contribution in [0.2, 0.25) is 0 Å². The summed E-state index contributed by atoms with van der Waals surface area (Å²) >= 11 is 0. The molecule has 2 aliphatic rings. The average molecular weight is 290 g/mol. The van der Waals surface area contributed by atoms with Crippen LogP contribution in [0.4, 0.5) is 4.39 Å². The number of hydrogen-bond donors (Lipinski definition) is 1. The van der Waals surface area contributed by atoms with E-state index < -0.39 is 0 Å². The van der Waals surface area contributed by atoms with Gasteiger partial charge < -0.3 is 5.73 Å². The van der Waals surface area contributed by atoms with Crippen LogP contribution in [0.3, 0.4) is 0 Å². The zero-order valence-electron chi connectivity index (χ0n) is 12.8. The van der Waals surface area contributed by atoms with Crippen molar-refractivity contribution in [3.63, 3.8) is 0 Å². The molecule has 0 bridgehead atoms. The van der Waals surface area contributed by atoms with Crippen molar-refractivity contribution in [1.82, 2.24) is 4.90 Å². The molecule has 0 radical (unpaired) electrons. The summed E-state index contributed by atoms with van der Waals surface area (Å²) in [5.74, 6) is 1.37. The molecule has 1 aliphatic carbocycles. The average Bonchev–Trinajstić information content (AvgIpc) is 3.13. The van der Waals surface area contributed by atoms with Gasteiger partial charge in [-0.15, -0.1) is 0 Å². The van der Waals surface area contributed by atoms with Crippen molar-refractivity contribution in [1.29, 1.82) is 0 Å². The number of halogens is 1. The second kappa shape index (κ2) is 6.89. The SMILES string of the molecule is NC(CC1CCN(Cc2ccc(F)cc2)C1)C1CCCC1. The van der Waals surface area contributed by atoms with Crippen molar-refractivity contribution in [2.45, 2.75) is 51.1 Å². The third-order valence-corrected chi connectivity index (χ3v) is 5.30. The smallest absolute Gasteiger partial charge is 0.123 e. The highest BCUT2D eigenvalue weighted by atomic mass is 19.1. The minimum absolute atomic E-state index is 0.152. The van der Waals surface area contributed by atoms with E-state index in [2.05, 4.69) is 4.90 Å². The van der Waals surface area contributed by atoms with Gasteiger partial charge in [0.25, 0.3) is 0 Å². The Kier molecular flexibility index (Phi) is 4.91. The van der Waals surface area contributed by atoms with Gasteiger partial charge in [0.2, 0.25) is 0 Å². The molecule has 0 aromatic heterocycles. The molecule has 0 spiro atoms. The largest absolute Gasteiger partial charge is 0.327 e. The maximum absolute atomic E-state index is 12.9. The van der Waals surface area contributed by atoms with Gasteiger partial charge in [-0.25, -0.2) is 4.39 Å². The predicted molar refractivity (Wildman–Crippen MR) is 84.3 cm³/mol. The fourth-order valence-corrected chi connectivity index (χ4v) is 4.06. The number of benzene rings is 1. The number of rotatable bonds is 5. The van der Waals surface area contributed by atoms with Gasteiger partial charge in [0, 0.05) is 19.1 Å². The van der Waals surface area contributed by atoms with E-state index in [0.29, 0.717) is 6.04 Å². The van der Waals surface area contributed by atoms with Gasteiger partial charge >= 0.3 is 0 Å². The summed E-state index contributed by atoms with van der Waals surface area (Å²) in [7, 11) is 0. The number of hydrogen-bond acceptors (Lipinski definition) is 2. The van der Waals surface area contributed by atoms with Crippen LogP contribution in [-0.2, 0) is 6.54 Å². The molecule has 1 aromatic rings. The Morgan fingerprint density at radius 1 is 1.14 bits per heavy atom. The molecule has 1 aliphatic heterocycles. The number of nitrogens with zero attached hydrogens (tertiary/aromatic N) is 1. The van der Waals surface area contributed by atoms with E-state index in [1.54, 1.807) is 12.1 Å². The van der Waals surface area contributed by atoms with Crippen LogP contribution in [0.25, 0.3) is 0 Å². The van der Waals surface area contributed by atoms with Gasteiger partial charge in [-0.2, -0.15) is 0 Å². The molecule has 2 unspecified atom stereocenters. The van der Waals surface area contributed by atoms with Crippen LogP contribution >= 0.6 is 0 Å². The van der Waals surface area contributed by atoms with Crippen LogP contribution in [0, 0.1) is 17.7 Å². The fraction of sp³-hybridized carbons (Fsp3) is 0.667. The summed E-state index contributed by atoms with van der Waals surface area (Å²) in [6, 6.07) is 7.31. The topological polar surface area (TPSA) is 29.3 Å². The molecule has 21 heavy (non-hydrogen) atoms. The molecule has 1 aromatic carbocycles. The Balaban J connectivity index is 1.45. The van der Waals surface area contributed by atoms with Crippen molar-refractivity contribution in [2.24, 2.45) is 17.6 Å². The second-order valence-corrected chi connectivity index (χ2v) is 6.96. The molecular weight excluding hydrogens is 263 g/mol. The highest BCUT2D eigenvalue weighted by Gasteiger charge is 2.28. The summed E-state index contributed by atoms with van der Waals surface area (Å²) < 4.78 is 12.9. The Labute approximate surface area is 127 Å². The summed E-state index contributed by atoms with van der Waals surface area (Å²) in [4.78, 5) is 2.49. The van der Waals surface area contributed by atoms with Crippen LogP contribution in [0.1, 0.15) is 44.1 Å². The normalized spacial score (nSPS) is 25.5. The predicted octanol–water partition coefficient (Wildman–Crippen LogP) is 3.56. The van der Waals surface area contributed by atoms with E-state index in [1.165, 1.54) is 44.1 Å². The highest BCUT2D eigenvalue weighted by Crippen LogP contribution is 2.31. The maximum Gasteiger partial charge on any atom is 0.123 e. The van der Waals surface area contributed by atoms with Crippen molar-refractivity contribution in [3.05, 3.63) is 35.6 Å². The quantitative estimate of drug-likeness (QED) is 0.898. The Morgan fingerprint density at radius 2 is 1.86 bits per heavy atom. The lowest BCUT2D eigenvalue weighted by Crippen LogP contribution is -2.31. The number of likely N-dealkylation sites (tertiary alicyclic amines) is 1. The van der Waals surface area contributed by atoms with Crippen LogP contribution in [0.5, 0.6) is 0 Å². The lowest BCUT2D eigenvalue weighted by atomic mass is 9.89. The molecule has 116 valence electrons. The number of nitrogens with two attached hydrogens (primary N) is 1. The molecule has 3 heteroatoms. The molecule has 1 heterocycles. The Morgan fingerprint density at radius 3 is 2.57 bits per heavy atom. The molecule has 1 saturated heterocycles. The molecular formula is C18H27FN2. The van der Waals surface area contributed by atoms with Gasteiger partial charge in [0.1, 0.15) is 5.82 Å². The first kappa shape index (κ1) is 15.0. The van der Waals surface area contributed by atoms with Gasteiger partial charge in [0.15, 0.2) is 0 Å². The summed E-state index contributed by atoms with van der Waals surface area (Å²) in [5.41, 5.74) is 7.62. The van der Waals surface area contributed by atoms with E-state index in [9.17, 15) is 4.39 Å². The van der Waals surface area contributed by atoms with Crippen LogP contribution in [-0.4, -0.2) is 24.0 Å². The van der Waals surface area contributed by atoms with Crippen molar-refractivity contribution in [3.8, 4) is 0 Å². The second-order valence-electron chi connectivity index (χ2n) is 6.96. The lowest BCUT2D eigenvalue weighted by molar-refractivity contribution is 0.295. The first-order valence-electron chi connectivity index (χ1n) is 8.43. The zero-order valence-corrected chi connectivity index (χ0v) is 12.8. The standard InChI is InChI=1S/C18H27FN2/c19-17-7-5-14(6-8-17)12-21-10-9-15(13-21)11-18(20)16-3-1-2-4-16/h5-8,15-16,18H,1-4,9-13,20H2. The third kappa shape index (κ3) is 4.04. The van der Waals surface area contributed by atoms with E-state index in [0.717, 1.165) is 31.5 Å². The third-order valence-electron chi connectivity index (χ3n) is 5.30. The van der Waals surface area contributed by atoms with E-state index >= 15 is 0 Å². The molecule has 3 rings (SSSR count). The fourth-order valence-electron chi connectivity index (χ4n) is 4.06.